The standard InChI is InChI=1S/C12H25NO2/c1-12(2,3)15-9-11(14)8-13-10-6-4-5-7-10/h10-11,13-14H,4-9H2,1-3H3/p+1/t11-/m1/s1. The van der Waals surface area contributed by atoms with Crippen LogP contribution < -0.4 is 5.32 Å². The van der Waals surface area contributed by atoms with E-state index in [1.807, 2.05) is 20.8 Å². The summed E-state index contributed by atoms with van der Waals surface area (Å²) in [5.41, 5.74) is -0.145. The summed E-state index contributed by atoms with van der Waals surface area (Å²) in [6, 6.07) is 0.745. The van der Waals surface area contributed by atoms with E-state index < -0.39 is 0 Å². The second kappa shape index (κ2) is 5.83. The highest BCUT2D eigenvalue weighted by Crippen LogP contribution is 2.14. The summed E-state index contributed by atoms with van der Waals surface area (Å²) in [5, 5.41) is 12.0. The summed E-state index contributed by atoms with van der Waals surface area (Å²) < 4.78 is 5.54. The first-order valence-electron chi connectivity index (χ1n) is 6.13. The van der Waals surface area contributed by atoms with Gasteiger partial charge in [0.25, 0.3) is 0 Å². The molecule has 0 spiro atoms. The molecule has 0 heterocycles. The van der Waals surface area contributed by atoms with Crippen LogP contribution in [0.4, 0.5) is 0 Å². The van der Waals surface area contributed by atoms with Crippen molar-refractivity contribution in [1.82, 2.24) is 0 Å². The van der Waals surface area contributed by atoms with Gasteiger partial charge in [0.05, 0.1) is 18.2 Å². The van der Waals surface area contributed by atoms with Gasteiger partial charge in [0.1, 0.15) is 12.6 Å². The summed E-state index contributed by atoms with van der Waals surface area (Å²) in [7, 11) is 0. The van der Waals surface area contributed by atoms with Crippen LogP contribution in [0.1, 0.15) is 46.5 Å². The van der Waals surface area contributed by atoms with Crippen molar-refractivity contribution in [2.75, 3.05) is 13.2 Å². The molecule has 0 aromatic carbocycles. The average Bonchev–Trinajstić information content (AvgIpc) is 2.62. The van der Waals surface area contributed by atoms with Crippen LogP contribution in [0.2, 0.25) is 0 Å². The molecule has 0 aliphatic heterocycles. The predicted octanol–water partition coefficient (Wildman–Crippen LogP) is 0.668. The Morgan fingerprint density at radius 3 is 2.47 bits per heavy atom. The van der Waals surface area contributed by atoms with Gasteiger partial charge in [-0.15, -0.1) is 0 Å². The highest BCUT2D eigenvalue weighted by molar-refractivity contribution is 4.65. The maximum absolute atomic E-state index is 9.72. The molecule has 1 aliphatic carbocycles. The quantitative estimate of drug-likeness (QED) is 0.709. The van der Waals surface area contributed by atoms with Crippen LogP contribution in [0, 0.1) is 0 Å². The van der Waals surface area contributed by atoms with Crippen molar-refractivity contribution in [3.8, 4) is 0 Å². The number of aliphatic hydroxyl groups excluding tert-OH is 1. The molecule has 3 heteroatoms. The first-order valence-corrected chi connectivity index (χ1v) is 6.13. The second-order valence-corrected chi connectivity index (χ2v) is 5.59. The molecule has 0 radical (unpaired) electrons. The molecule has 0 unspecified atom stereocenters. The first-order chi connectivity index (χ1) is 6.97. The van der Waals surface area contributed by atoms with Crippen LogP contribution in [-0.4, -0.2) is 36.0 Å². The maximum atomic E-state index is 9.72. The Labute approximate surface area is 93.2 Å². The largest absolute Gasteiger partial charge is 0.385 e. The van der Waals surface area contributed by atoms with Gasteiger partial charge in [-0.2, -0.15) is 0 Å². The molecule has 0 amide bonds. The summed E-state index contributed by atoms with van der Waals surface area (Å²) >= 11 is 0. The van der Waals surface area contributed by atoms with Gasteiger partial charge < -0.3 is 15.2 Å². The molecule has 0 bridgehead atoms. The van der Waals surface area contributed by atoms with Crippen molar-refractivity contribution in [2.24, 2.45) is 0 Å². The van der Waals surface area contributed by atoms with Gasteiger partial charge in [0.2, 0.25) is 0 Å². The fourth-order valence-electron chi connectivity index (χ4n) is 1.96. The zero-order valence-electron chi connectivity index (χ0n) is 10.3. The number of ether oxygens (including phenoxy) is 1. The molecule has 15 heavy (non-hydrogen) atoms. The molecular formula is C12H26NO2+. The van der Waals surface area contributed by atoms with E-state index in [0.717, 1.165) is 12.6 Å². The van der Waals surface area contributed by atoms with Crippen LogP contribution in [-0.2, 0) is 4.74 Å². The molecule has 1 rings (SSSR count). The molecule has 0 aromatic heterocycles. The van der Waals surface area contributed by atoms with Gasteiger partial charge in [0.15, 0.2) is 0 Å². The van der Waals surface area contributed by atoms with Gasteiger partial charge >= 0.3 is 0 Å². The monoisotopic (exact) mass is 216 g/mol. The molecule has 1 aliphatic rings. The third-order valence-electron chi connectivity index (χ3n) is 2.85. The first kappa shape index (κ1) is 12.9. The summed E-state index contributed by atoms with van der Waals surface area (Å²) in [4.78, 5) is 0. The van der Waals surface area contributed by atoms with Crippen LogP contribution >= 0.6 is 0 Å². The van der Waals surface area contributed by atoms with Gasteiger partial charge in [-0.25, -0.2) is 0 Å². The molecule has 3 nitrogen and oxygen atoms in total. The van der Waals surface area contributed by atoms with Crippen LogP contribution in [0.15, 0.2) is 0 Å². The van der Waals surface area contributed by atoms with Crippen LogP contribution in [0.25, 0.3) is 0 Å². The highest BCUT2D eigenvalue weighted by atomic mass is 16.5. The van der Waals surface area contributed by atoms with E-state index in [1.165, 1.54) is 25.7 Å². The lowest BCUT2D eigenvalue weighted by Crippen LogP contribution is -2.91. The minimum absolute atomic E-state index is 0.145. The molecule has 90 valence electrons. The van der Waals surface area contributed by atoms with Gasteiger partial charge in [-0.3, -0.25) is 0 Å². The molecule has 1 atom stereocenters. The second-order valence-electron chi connectivity index (χ2n) is 5.59. The maximum Gasteiger partial charge on any atom is 0.126 e. The average molecular weight is 216 g/mol. The van der Waals surface area contributed by atoms with Gasteiger partial charge in [-0.1, -0.05) is 0 Å². The molecular weight excluding hydrogens is 190 g/mol. The predicted molar refractivity (Wildman–Crippen MR) is 60.8 cm³/mol. The molecule has 3 N–H and O–H groups in total. The van der Waals surface area contributed by atoms with Gasteiger partial charge in [-0.05, 0) is 46.5 Å². The zero-order chi connectivity index (χ0) is 11.3. The Morgan fingerprint density at radius 1 is 1.33 bits per heavy atom. The van der Waals surface area contributed by atoms with E-state index in [1.54, 1.807) is 0 Å². The Morgan fingerprint density at radius 2 is 1.93 bits per heavy atom. The Balaban J connectivity index is 2.05. The Kier molecular flexibility index (Phi) is 5.03. The van der Waals surface area contributed by atoms with E-state index >= 15 is 0 Å². The third-order valence-corrected chi connectivity index (χ3v) is 2.85. The van der Waals surface area contributed by atoms with E-state index in [-0.39, 0.29) is 11.7 Å². The Bertz CT molecular complexity index is 171. The number of rotatable bonds is 5. The SMILES string of the molecule is CC(C)(C)OC[C@H](O)C[NH2+]C1CCCC1. The topological polar surface area (TPSA) is 46.1 Å². The van der Waals surface area contributed by atoms with Crippen molar-refractivity contribution >= 4 is 0 Å². The lowest BCUT2D eigenvalue weighted by atomic mass is 10.2. The molecule has 1 fully saturated rings. The smallest absolute Gasteiger partial charge is 0.126 e. The summed E-state index contributed by atoms with van der Waals surface area (Å²) in [6.45, 7) is 7.27. The fraction of sp³-hybridized carbons (Fsp3) is 1.00. The van der Waals surface area contributed by atoms with Gasteiger partial charge in [0, 0.05) is 0 Å². The van der Waals surface area contributed by atoms with Crippen molar-refractivity contribution in [1.29, 1.82) is 0 Å². The van der Waals surface area contributed by atoms with Crippen LogP contribution in [0.5, 0.6) is 0 Å². The fourth-order valence-corrected chi connectivity index (χ4v) is 1.96. The zero-order valence-corrected chi connectivity index (χ0v) is 10.3. The normalized spacial score (nSPS) is 20.8. The lowest BCUT2D eigenvalue weighted by Gasteiger charge is -2.21. The lowest BCUT2D eigenvalue weighted by molar-refractivity contribution is -0.693. The number of aliphatic hydroxyl groups is 1. The van der Waals surface area contributed by atoms with Crippen molar-refractivity contribution < 1.29 is 15.2 Å². The van der Waals surface area contributed by atoms with E-state index in [4.69, 9.17) is 4.74 Å². The summed E-state index contributed by atoms with van der Waals surface area (Å²) in [5.74, 6) is 0. The van der Waals surface area contributed by atoms with Crippen molar-refractivity contribution in [3.05, 3.63) is 0 Å². The number of hydrogen-bond acceptors (Lipinski definition) is 2. The van der Waals surface area contributed by atoms with E-state index in [2.05, 4.69) is 5.32 Å². The van der Waals surface area contributed by atoms with Crippen molar-refractivity contribution in [3.63, 3.8) is 0 Å². The van der Waals surface area contributed by atoms with Crippen molar-refractivity contribution in [2.45, 2.75) is 64.2 Å². The molecule has 0 saturated heterocycles. The minimum Gasteiger partial charge on any atom is -0.385 e. The number of quaternary nitrogens is 1. The third kappa shape index (κ3) is 6.13. The van der Waals surface area contributed by atoms with E-state index in [0.29, 0.717) is 6.61 Å². The molecule has 0 aromatic rings. The van der Waals surface area contributed by atoms with E-state index in [9.17, 15) is 5.11 Å². The summed E-state index contributed by atoms with van der Waals surface area (Å²) in [6.07, 6.45) is 5.01. The number of nitrogens with two attached hydrogens (primary N) is 1. The molecule has 1 saturated carbocycles. The van der Waals surface area contributed by atoms with Crippen LogP contribution in [0.3, 0.4) is 0 Å². The Hall–Kier alpha value is -0.120. The highest BCUT2D eigenvalue weighted by Gasteiger charge is 2.20. The minimum atomic E-state index is -0.329. The number of hydrogen-bond donors (Lipinski definition) is 2.